The summed E-state index contributed by atoms with van der Waals surface area (Å²) < 4.78 is 56.0. The lowest BCUT2D eigenvalue weighted by molar-refractivity contribution is -0.141. The molecule has 4 rings (SSSR count). The van der Waals surface area contributed by atoms with Crippen LogP contribution in [0.15, 0.2) is 54.9 Å². The first kappa shape index (κ1) is 18.0. The number of aromatic nitrogens is 3. The van der Waals surface area contributed by atoms with Crippen LogP contribution in [0, 0.1) is 12.7 Å². The SMILES string of the molecule is Cc1cc(-c2c(-c3ccccc3F)cc(N)c3nccn23)cc(C(F)(F)F)n1. The maximum absolute atomic E-state index is 14.5. The number of alkyl halides is 3. The highest BCUT2D eigenvalue weighted by atomic mass is 19.4. The summed E-state index contributed by atoms with van der Waals surface area (Å²) in [6, 6.07) is 10.0. The van der Waals surface area contributed by atoms with E-state index in [1.807, 2.05) is 0 Å². The van der Waals surface area contributed by atoms with Gasteiger partial charge in [-0.3, -0.25) is 4.40 Å². The van der Waals surface area contributed by atoms with Crippen LogP contribution in [0.25, 0.3) is 28.0 Å². The van der Waals surface area contributed by atoms with E-state index in [1.165, 1.54) is 37.4 Å². The molecule has 0 aliphatic rings. The lowest BCUT2D eigenvalue weighted by Crippen LogP contribution is -2.10. The summed E-state index contributed by atoms with van der Waals surface area (Å²) in [5.41, 5.74) is 7.07. The Balaban J connectivity index is 2.11. The molecule has 4 nitrogen and oxygen atoms in total. The zero-order chi connectivity index (χ0) is 20.1. The molecule has 28 heavy (non-hydrogen) atoms. The Morgan fingerprint density at radius 1 is 1.04 bits per heavy atom. The van der Waals surface area contributed by atoms with Gasteiger partial charge in [0.25, 0.3) is 0 Å². The summed E-state index contributed by atoms with van der Waals surface area (Å²) >= 11 is 0. The number of hydrogen-bond acceptors (Lipinski definition) is 3. The van der Waals surface area contributed by atoms with Crippen LogP contribution in [0.1, 0.15) is 11.4 Å². The minimum Gasteiger partial charge on any atom is -0.396 e. The van der Waals surface area contributed by atoms with E-state index < -0.39 is 17.7 Å². The molecule has 0 atom stereocenters. The minimum absolute atomic E-state index is 0.189. The van der Waals surface area contributed by atoms with E-state index in [1.54, 1.807) is 22.7 Å². The normalized spacial score (nSPS) is 11.9. The molecule has 0 amide bonds. The number of pyridine rings is 2. The fraction of sp³-hybridized carbons (Fsp3) is 0.100. The lowest BCUT2D eigenvalue weighted by atomic mass is 9.97. The van der Waals surface area contributed by atoms with Crippen molar-refractivity contribution in [3.63, 3.8) is 0 Å². The number of benzene rings is 1. The van der Waals surface area contributed by atoms with Gasteiger partial charge in [0, 0.05) is 34.8 Å². The molecule has 142 valence electrons. The number of imidazole rings is 1. The van der Waals surface area contributed by atoms with Crippen molar-refractivity contribution in [1.29, 1.82) is 0 Å². The molecule has 0 aliphatic carbocycles. The van der Waals surface area contributed by atoms with Gasteiger partial charge in [-0.25, -0.2) is 14.4 Å². The van der Waals surface area contributed by atoms with Gasteiger partial charge >= 0.3 is 6.18 Å². The van der Waals surface area contributed by atoms with Gasteiger partial charge in [0.2, 0.25) is 0 Å². The van der Waals surface area contributed by atoms with Gasteiger partial charge in [-0.1, -0.05) is 18.2 Å². The number of nitrogens with zero attached hydrogens (tertiary/aromatic N) is 3. The molecule has 3 aromatic heterocycles. The van der Waals surface area contributed by atoms with E-state index in [2.05, 4.69) is 9.97 Å². The van der Waals surface area contributed by atoms with Gasteiger partial charge < -0.3 is 5.73 Å². The minimum atomic E-state index is -4.61. The van der Waals surface area contributed by atoms with E-state index in [4.69, 9.17) is 5.73 Å². The van der Waals surface area contributed by atoms with Crippen LogP contribution in [-0.2, 0) is 6.18 Å². The van der Waals surface area contributed by atoms with Crippen LogP contribution in [0.5, 0.6) is 0 Å². The molecule has 1 aromatic carbocycles. The Hall–Kier alpha value is -3.42. The smallest absolute Gasteiger partial charge is 0.396 e. The monoisotopic (exact) mass is 386 g/mol. The van der Waals surface area contributed by atoms with Gasteiger partial charge in [-0.05, 0) is 31.2 Å². The van der Waals surface area contributed by atoms with Crippen molar-refractivity contribution >= 4 is 11.3 Å². The van der Waals surface area contributed by atoms with Crippen molar-refractivity contribution in [3.8, 4) is 22.4 Å². The third-order valence-electron chi connectivity index (χ3n) is 4.38. The molecule has 0 spiro atoms. The average Bonchev–Trinajstić information content (AvgIpc) is 3.11. The third kappa shape index (κ3) is 2.96. The summed E-state index contributed by atoms with van der Waals surface area (Å²) in [5.74, 6) is -0.510. The van der Waals surface area contributed by atoms with Gasteiger partial charge in [-0.15, -0.1) is 0 Å². The number of nitrogen functional groups attached to an aromatic ring is 1. The topological polar surface area (TPSA) is 56.2 Å². The molecular formula is C20H14F4N4. The number of nitrogens with two attached hydrogens (primary N) is 1. The van der Waals surface area contributed by atoms with Crippen LogP contribution in [0.2, 0.25) is 0 Å². The molecule has 0 unspecified atom stereocenters. The summed E-state index contributed by atoms with van der Waals surface area (Å²) in [6.07, 6.45) is -1.55. The van der Waals surface area contributed by atoms with E-state index in [9.17, 15) is 17.6 Å². The first-order chi connectivity index (χ1) is 13.3. The summed E-state index contributed by atoms with van der Waals surface area (Å²) in [5, 5.41) is 0. The highest BCUT2D eigenvalue weighted by Gasteiger charge is 2.33. The predicted molar refractivity (Wildman–Crippen MR) is 98.0 cm³/mol. The Bertz CT molecular complexity index is 1190. The molecule has 0 saturated heterocycles. The highest BCUT2D eigenvalue weighted by Crippen LogP contribution is 2.38. The zero-order valence-corrected chi connectivity index (χ0v) is 14.6. The van der Waals surface area contributed by atoms with E-state index >= 15 is 0 Å². The van der Waals surface area contributed by atoms with Gasteiger partial charge in [0.15, 0.2) is 5.65 Å². The Morgan fingerprint density at radius 2 is 1.79 bits per heavy atom. The fourth-order valence-electron chi connectivity index (χ4n) is 3.25. The number of anilines is 1. The molecule has 4 aromatic rings. The van der Waals surface area contributed by atoms with Gasteiger partial charge in [-0.2, -0.15) is 13.2 Å². The van der Waals surface area contributed by atoms with Crippen molar-refractivity contribution < 1.29 is 17.6 Å². The number of rotatable bonds is 2. The Kier molecular flexibility index (Phi) is 4.06. The first-order valence-electron chi connectivity index (χ1n) is 8.32. The molecule has 2 N–H and O–H groups in total. The molecule has 0 radical (unpaired) electrons. The standard InChI is InChI=1S/C20H14F4N4/c1-11-8-12(9-17(27-11)20(22,23)24)18-14(13-4-2-3-5-15(13)21)10-16(25)19-26-6-7-28(18)19/h2-10H,25H2,1H3. The summed E-state index contributed by atoms with van der Waals surface area (Å²) in [7, 11) is 0. The van der Waals surface area contributed by atoms with Crippen molar-refractivity contribution in [2.24, 2.45) is 0 Å². The van der Waals surface area contributed by atoms with E-state index in [0.29, 0.717) is 16.9 Å². The van der Waals surface area contributed by atoms with Crippen molar-refractivity contribution in [2.45, 2.75) is 13.1 Å². The van der Waals surface area contributed by atoms with E-state index in [0.717, 1.165) is 6.07 Å². The molecule has 0 aliphatic heterocycles. The second-order valence-corrected chi connectivity index (χ2v) is 6.34. The number of hydrogen-bond donors (Lipinski definition) is 1. The lowest BCUT2D eigenvalue weighted by Gasteiger charge is -2.17. The fourth-order valence-corrected chi connectivity index (χ4v) is 3.25. The largest absolute Gasteiger partial charge is 0.433 e. The van der Waals surface area contributed by atoms with E-state index in [-0.39, 0.29) is 22.5 Å². The molecular weight excluding hydrogens is 372 g/mol. The second kappa shape index (κ2) is 6.33. The second-order valence-electron chi connectivity index (χ2n) is 6.34. The molecule has 3 heterocycles. The van der Waals surface area contributed by atoms with Crippen molar-refractivity contribution in [2.75, 3.05) is 5.73 Å². The quantitative estimate of drug-likeness (QED) is 0.487. The first-order valence-corrected chi connectivity index (χ1v) is 8.32. The van der Waals surface area contributed by atoms with Crippen molar-refractivity contribution in [1.82, 2.24) is 14.4 Å². The van der Waals surface area contributed by atoms with Crippen LogP contribution < -0.4 is 5.73 Å². The summed E-state index contributed by atoms with van der Waals surface area (Å²) in [6.45, 7) is 1.48. The van der Waals surface area contributed by atoms with Crippen molar-refractivity contribution in [3.05, 3.63) is 72.1 Å². The third-order valence-corrected chi connectivity index (χ3v) is 4.38. The van der Waals surface area contributed by atoms with Crippen LogP contribution in [-0.4, -0.2) is 14.4 Å². The highest BCUT2D eigenvalue weighted by molar-refractivity contribution is 5.88. The van der Waals surface area contributed by atoms with Gasteiger partial charge in [0.05, 0.1) is 11.4 Å². The number of fused-ring (bicyclic) bond motifs is 1. The Morgan fingerprint density at radius 3 is 2.50 bits per heavy atom. The Labute approximate surface area is 157 Å². The number of aryl methyl sites for hydroxylation is 1. The maximum atomic E-state index is 14.5. The van der Waals surface area contributed by atoms with Gasteiger partial charge in [0.1, 0.15) is 11.5 Å². The van der Waals surface area contributed by atoms with Crippen LogP contribution in [0.3, 0.4) is 0 Å². The summed E-state index contributed by atoms with van der Waals surface area (Å²) in [4.78, 5) is 7.75. The molecule has 0 bridgehead atoms. The molecule has 0 saturated carbocycles. The number of halogens is 4. The zero-order valence-electron chi connectivity index (χ0n) is 14.6. The van der Waals surface area contributed by atoms with Crippen LogP contribution in [0.4, 0.5) is 23.2 Å². The maximum Gasteiger partial charge on any atom is 0.433 e. The predicted octanol–water partition coefficient (Wildman–Crippen LogP) is 5.11. The van der Waals surface area contributed by atoms with Crippen LogP contribution >= 0.6 is 0 Å². The average molecular weight is 386 g/mol. The molecule has 0 fully saturated rings. The molecule has 8 heteroatoms.